The van der Waals surface area contributed by atoms with E-state index in [0.29, 0.717) is 0 Å². The molecule has 0 saturated carbocycles. The van der Waals surface area contributed by atoms with Crippen LogP contribution in [0.3, 0.4) is 0 Å². The fraction of sp³-hybridized carbons (Fsp3) is 0.200. The molecule has 0 heterocycles. The Morgan fingerprint density at radius 3 is 2.56 bits per heavy atom. The van der Waals surface area contributed by atoms with Crippen LogP contribution in [0.2, 0.25) is 0 Å². The van der Waals surface area contributed by atoms with Crippen LogP contribution < -0.4 is 5.73 Å². The molecule has 0 bridgehead atoms. The minimum absolute atomic E-state index is 0.210. The van der Waals surface area contributed by atoms with E-state index < -0.39 is 5.91 Å². The molecule has 0 atom stereocenters. The summed E-state index contributed by atoms with van der Waals surface area (Å²) in [6.45, 7) is 1.66. The maximum absolute atomic E-state index is 10.2. The van der Waals surface area contributed by atoms with E-state index in [-0.39, 0.29) is 12.0 Å². The third-order valence-electron chi connectivity index (χ3n) is 0.689. The first-order chi connectivity index (χ1) is 4.18. The van der Waals surface area contributed by atoms with Gasteiger partial charge in [-0.05, 0) is 6.92 Å². The first kappa shape index (κ1) is 7.68. The smallest absolute Gasteiger partial charge is 0.297 e. The third kappa shape index (κ3) is 3.28. The minimum atomic E-state index is -0.600. The molecule has 2 N–H and O–H groups in total. The first-order valence-corrected chi connectivity index (χ1v) is 2.24. The Morgan fingerprint density at radius 2 is 2.22 bits per heavy atom. The zero-order valence-corrected chi connectivity index (χ0v) is 4.96. The fourth-order valence-electron chi connectivity index (χ4n) is 0.188. The third-order valence-corrected chi connectivity index (χ3v) is 0.689. The summed E-state index contributed by atoms with van der Waals surface area (Å²) in [7, 11) is 0. The number of hydrogen-bond donors (Lipinski definition) is 1. The minimum Gasteiger partial charge on any atom is -0.436 e. The van der Waals surface area contributed by atoms with Crippen molar-refractivity contribution in [2.45, 2.75) is 6.92 Å². The maximum atomic E-state index is 10.2. The van der Waals surface area contributed by atoms with Crippen molar-refractivity contribution in [3.8, 4) is 0 Å². The largest absolute Gasteiger partial charge is 0.436 e. The van der Waals surface area contributed by atoms with Crippen LogP contribution in [0.5, 0.6) is 0 Å². The maximum Gasteiger partial charge on any atom is 0.297 e. The second kappa shape index (κ2) is 3.65. The van der Waals surface area contributed by atoms with Crippen LogP contribution in [0.4, 0.5) is 0 Å². The van der Waals surface area contributed by atoms with Crippen molar-refractivity contribution in [1.29, 1.82) is 0 Å². The summed E-state index contributed by atoms with van der Waals surface area (Å²) < 4.78 is 4.11. The summed E-state index contributed by atoms with van der Waals surface area (Å²) in [6.07, 6.45) is 0.995. The van der Waals surface area contributed by atoms with E-state index in [1.807, 2.05) is 0 Å². The average Bonchev–Trinajstić information content (AvgIpc) is 1.82. The molecule has 0 saturated heterocycles. The molecule has 4 heteroatoms. The van der Waals surface area contributed by atoms with Crippen LogP contribution in [0.1, 0.15) is 6.92 Å². The van der Waals surface area contributed by atoms with E-state index in [2.05, 4.69) is 4.74 Å². The summed E-state index contributed by atoms with van der Waals surface area (Å²) >= 11 is 0. The number of nitrogens with two attached hydrogens (primary N) is 1. The van der Waals surface area contributed by atoms with E-state index in [9.17, 15) is 9.59 Å². The van der Waals surface area contributed by atoms with E-state index in [0.717, 1.165) is 6.26 Å². The van der Waals surface area contributed by atoms with Gasteiger partial charge in [0.2, 0.25) is 5.91 Å². The Hall–Kier alpha value is -1.32. The lowest BCUT2D eigenvalue weighted by molar-refractivity contribution is -0.123. The fourth-order valence-corrected chi connectivity index (χ4v) is 0.188. The molecule has 1 amide bonds. The van der Waals surface area contributed by atoms with Crippen molar-refractivity contribution < 1.29 is 14.3 Å². The lowest BCUT2D eigenvalue weighted by atomic mass is 10.3. The van der Waals surface area contributed by atoms with Gasteiger partial charge in [0.1, 0.15) is 6.26 Å². The van der Waals surface area contributed by atoms with Crippen LogP contribution in [-0.2, 0) is 14.3 Å². The summed E-state index contributed by atoms with van der Waals surface area (Å²) in [5.41, 5.74) is 4.98. The van der Waals surface area contributed by atoms with Gasteiger partial charge < -0.3 is 10.5 Å². The number of hydrogen-bond acceptors (Lipinski definition) is 3. The van der Waals surface area contributed by atoms with Crippen LogP contribution in [0, 0.1) is 0 Å². The lowest BCUT2D eigenvalue weighted by Crippen LogP contribution is -2.11. The average molecular weight is 129 g/mol. The molecule has 0 fully saturated rings. The van der Waals surface area contributed by atoms with Gasteiger partial charge in [-0.25, -0.2) is 0 Å². The molecule has 0 aliphatic rings. The van der Waals surface area contributed by atoms with E-state index in [1.165, 1.54) is 6.92 Å². The standard InChI is InChI=1S/C5H7NO3/c1-4(5(6)8)2-9-3-7/h2-3H,1H3,(H2,6,8)/b4-2+. The number of amides is 1. The monoisotopic (exact) mass is 129 g/mol. The van der Waals surface area contributed by atoms with Crippen LogP contribution in [0.25, 0.3) is 0 Å². The molecular weight excluding hydrogens is 122 g/mol. The van der Waals surface area contributed by atoms with Crippen molar-refractivity contribution in [1.82, 2.24) is 0 Å². The predicted octanol–water partition coefficient (Wildman–Crippen LogP) is -0.451. The van der Waals surface area contributed by atoms with Crippen LogP contribution in [0.15, 0.2) is 11.8 Å². The summed E-state index contributed by atoms with van der Waals surface area (Å²) in [6, 6.07) is 0. The SMILES string of the molecule is C/C(=C\OC=O)C(N)=O. The van der Waals surface area contributed by atoms with E-state index in [4.69, 9.17) is 5.73 Å². The molecule has 0 aromatic rings. The van der Waals surface area contributed by atoms with Crippen LogP contribution in [-0.4, -0.2) is 12.4 Å². The van der Waals surface area contributed by atoms with Crippen molar-refractivity contribution in [3.63, 3.8) is 0 Å². The molecule has 0 spiro atoms. The van der Waals surface area contributed by atoms with Gasteiger partial charge in [0.05, 0.1) is 0 Å². The van der Waals surface area contributed by atoms with Gasteiger partial charge in [0, 0.05) is 5.57 Å². The highest BCUT2D eigenvalue weighted by atomic mass is 16.5. The number of ether oxygens (including phenoxy) is 1. The van der Waals surface area contributed by atoms with Crippen molar-refractivity contribution in [2.24, 2.45) is 5.73 Å². The normalized spacial score (nSPS) is 10.6. The summed E-state index contributed by atoms with van der Waals surface area (Å²) in [4.78, 5) is 19.7. The second-order valence-corrected chi connectivity index (χ2v) is 1.40. The molecule has 4 nitrogen and oxygen atoms in total. The van der Waals surface area contributed by atoms with Gasteiger partial charge in [-0.15, -0.1) is 0 Å². The highest BCUT2D eigenvalue weighted by molar-refractivity contribution is 5.91. The summed E-state index contributed by atoms with van der Waals surface area (Å²) in [5, 5.41) is 0. The number of primary amides is 1. The quantitative estimate of drug-likeness (QED) is 0.318. The van der Waals surface area contributed by atoms with Gasteiger partial charge in [0.15, 0.2) is 0 Å². The Morgan fingerprint density at radius 1 is 1.67 bits per heavy atom. The molecule has 0 aromatic carbocycles. The van der Waals surface area contributed by atoms with Gasteiger partial charge in [-0.1, -0.05) is 0 Å². The molecule has 0 aliphatic heterocycles. The Kier molecular flexibility index (Phi) is 3.12. The number of carbonyl (C=O) groups excluding carboxylic acids is 2. The molecule has 50 valence electrons. The number of rotatable bonds is 3. The van der Waals surface area contributed by atoms with Crippen molar-refractivity contribution in [3.05, 3.63) is 11.8 Å². The van der Waals surface area contributed by atoms with Crippen molar-refractivity contribution in [2.75, 3.05) is 0 Å². The molecule has 0 aromatic heterocycles. The molecular formula is C5H7NO3. The zero-order valence-electron chi connectivity index (χ0n) is 4.96. The topological polar surface area (TPSA) is 69.4 Å². The molecule has 0 unspecified atom stereocenters. The van der Waals surface area contributed by atoms with E-state index >= 15 is 0 Å². The van der Waals surface area contributed by atoms with Crippen molar-refractivity contribution >= 4 is 12.4 Å². The highest BCUT2D eigenvalue weighted by Crippen LogP contribution is 1.88. The van der Waals surface area contributed by atoms with Gasteiger partial charge >= 0.3 is 0 Å². The molecule has 0 radical (unpaired) electrons. The predicted molar refractivity (Wildman–Crippen MR) is 30.1 cm³/mol. The number of carbonyl (C=O) groups is 2. The van der Waals surface area contributed by atoms with Gasteiger partial charge in [0.25, 0.3) is 6.47 Å². The molecule has 0 rings (SSSR count). The zero-order chi connectivity index (χ0) is 7.28. The molecule has 9 heavy (non-hydrogen) atoms. The lowest BCUT2D eigenvalue weighted by Gasteiger charge is -1.89. The first-order valence-electron chi connectivity index (χ1n) is 2.24. The molecule has 0 aliphatic carbocycles. The Labute approximate surface area is 52.3 Å². The van der Waals surface area contributed by atoms with Gasteiger partial charge in [-0.2, -0.15) is 0 Å². The Balaban J connectivity index is 3.83. The van der Waals surface area contributed by atoms with Crippen LogP contribution >= 0.6 is 0 Å². The summed E-state index contributed by atoms with van der Waals surface area (Å²) in [5.74, 6) is -0.600. The highest BCUT2D eigenvalue weighted by Gasteiger charge is 1.94. The Bertz CT molecular complexity index is 150. The van der Waals surface area contributed by atoms with E-state index in [1.54, 1.807) is 0 Å². The van der Waals surface area contributed by atoms with Gasteiger partial charge in [-0.3, -0.25) is 9.59 Å². The second-order valence-electron chi connectivity index (χ2n) is 1.40.